The molecule has 0 saturated heterocycles. The van der Waals surface area contributed by atoms with Crippen LogP contribution in [0.1, 0.15) is 46.1 Å². The van der Waals surface area contributed by atoms with Crippen LogP contribution in [0.2, 0.25) is 0 Å². The Balaban J connectivity index is 3.07. The van der Waals surface area contributed by atoms with Crippen LogP contribution < -0.4 is 5.32 Å². The van der Waals surface area contributed by atoms with E-state index in [0.717, 1.165) is 28.6 Å². The summed E-state index contributed by atoms with van der Waals surface area (Å²) in [4.78, 5) is 4.63. The lowest BCUT2D eigenvalue weighted by Gasteiger charge is -2.17. The maximum Gasteiger partial charge on any atom is 0.144 e. The van der Waals surface area contributed by atoms with Crippen molar-refractivity contribution in [1.29, 1.82) is 0 Å². The van der Waals surface area contributed by atoms with E-state index in [2.05, 4.69) is 60.5 Å². The van der Waals surface area contributed by atoms with Crippen LogP contribution in [-0.2, 0) is 6.54 Å². The minimum absolute atomic E-state index is 0.208. The highest BCUT2D eigenvalue weighted by molar-refractivity contribution is 9.10. The van der Waals surface area contributed by atoms with Gasteiger partial charge < -0.3 is 10.4 Å². The number of nitrogens with zero attached hydrogens (tertiary/aromatic N) is 1. The average molecular weight is 428 g/mol. The van der Waals surface area contributed by atoms with Crippen molar-refractivity contribution in [2.75, 3.05) is 0 Å². The van der Waals surface area contributed by atoms with Crippen molar-refractivity contribution in [3.63, 3.8) is 0 Å². The fraction of sp³-hybridized carbons (Fsp3) is 0.450. The van der Waals surface area contributed by atoms with Gasteiger partial charge in [-0.2, -0.15) is 0 Å². The van der Waals surface area contributed by atoms with Crippen LogP contribution >= 0.6 is 27.5 Å². The number of halogens is 2. The summed E-state index contributed by atoms with van der Waals surface area (Å²) in [5, 5.41) is 13.6. The van der Waals surface area contributed by atoms with Crippen molar-refractivity contribution in [3.8, 4) is 5.75 Å². The first-order valence-corrected chi connectivity index (χ1v) is 9.80. The third-order valence-electron chi connectivity index (χ3n) is 4.15. The molecule has 5 heteroatoms. The van der Waals surface area contributed by atoms with Crippen molar-refractivity contribution < 1.29 is 5.11 Å². The molecule has 3 nitrogen and oxygen atoms in total. The van der Waals surface area contributed by atoms with Crippen molar-refractivity contribution in [2.24, 2.45) is 16.8 Å². The topological polar surface area (TPSA) is 44.6 Å². The molecule has 0 aliphatic carbocycles. The zero-order valence-electron chi connectivity index (χ0n) is 15.4. The lowest BCUT2D eigenvalue weighted by atomic mass is 10.1. The van der Waals surface area contributed by atoms with E-state index in [1.165, 1.54) is 0 Å². The number of aromatic hydroxyl groups is 1. The van der Waals surface area contributed by atoms with E-state index >= 15 is 0 Å². The Labute approximate surface area is 165 Å². The summed E-state index contributed by atoms with van der Waals surface area (Å²) in [6.45, 7) is 13.0. The predicted molar refractivity (Wildman–Crippen MR) is 112 cm³/mol. The number of aliphatic imine (C=N–C) groups is 1. The van der Waals surface area contributed by atoms with Crippen molar-refractivity contribution in [2.45, 2.75) is 47.1 Å². The van der Waals surface area contributed by atoms with Gasteiger partial charge >= 0.3 is 0 Å². The first kappa shape index (κ1) is 21.8. The fourth-order valence-electron chi connectivity index (χ4n) is 2.04. The summed E-state index contributed by atoms with van der Waals surface area (Å²) in [5.74, 6) is 1.52. The summed E-state index contributed by atoms with van der Waals surface area (Å²) in [7, 11) is 0. The fourth-order valence-corrected chi connectivity index (χ4v) is 2.89. The Morgan fingerprint density at radius 3 is 2.56 bits per heavy atom. The van der Waals surface area contributed by atoms with Crippen LogP contribution in [0.3, 0.4) is 0 Å². The van der Waals surface area contributed by atoms with Gasteiger partial charge in [0.1, 0.15) is 11.6 Å². The highest BCUT2D eigenvalue weighted by atomic mass is 79.9. The molecule has 1 rings (SSSR count). The van der Waals surface area contributed by atoms with E-state index in [1.807, 2.05) is 12.1 Å². The Bertz CT molecular complexity index is 635. The standard InChI is InChI=1S/C20H28BrClN2O/c1-6-13(3)8-19(22)20(24-15(5)14(4)7-2)23-12-16-9-17(21)11-18(25)10-16/h8-11,13-14,25H,5-7,12H2,1-4H3,(H,23,24)/b19-8+. The molecule has 0 heterocycles. The van der Waals surface area contributed by atoms with Gasteiger partial charge in [-0.3, -0.25) is 4.99 Å². The van der Waals surface area contributed by atoms with Crippen LogP contribution in [0.15, 0.2) is 51.0 Å². The number of hydrogen-bond donors (Lipinski definition) is 2. The monoisotopic (exact) mass is 426 g/mol. The largest absolute Gasteiger partial charge is 0.508 e. The molecule has 25 heavy (non-hydrogen) atoms. The van der Waals surface area contributed by atoms with Gasteiger partial charge in [0, 0.05) is 10.2 Å². The molecule has 0 fully saturated rings. The molecule has 0 spiro atoms. The number of phenols is 1. The smallest absolute Gasteiger partial charge is 0.144 e. The first-order chi connectivity index (χ1) is 11.8. The van der Waals surface area contributed by atoms with Gasteiger partial charge in [-0.1, -0.05) is 74.3 Å². The van der Waals surface area contributed by atoms with Crippen LogP contribution in [0.4, 0.5) is 0 Å². The van der Waals surface area contributed by atoms with Crippen molar-refractivity contribution >= 4 is 33.4 Å². The first-order valence-electron chi connectivity index (χ1n) is 8.63. The van der Waals surface area contributed by atoms with Crippen molar-refractivity contribution in [1.82, 2.24) is 5.32 Å². The van der Waals surface area contributed by atoms with Crippen LogP contribution in [-0.4, -0.2) is 10.9 Å². The average Bonchev–Trinajstić information content (AvgIpc) is 2.56. The second-order valence-electron chi connectivity index (χ2n) is 6.34. The number of rotatable bonds is 8. The molecule has 0 saturated carbocycles. The van der Waals surface area contributed by atoms with Gasteiger partial charge in [-0.25, -0.2) is 0 Å². The molecule has 138 valence electrons. The Kier molecular flexibility index (Phi) is 9.30. The molecule has 2 unspecified atom stereocenters. The molecule has 0 bridgehead atoms. The third kappa shape index (κ3) is 7.66. The molecule has 1 aromatic rings. The SMILES string of the molecule is C=C(NC(=NCc1cc(O)cc(Br)c1)/C(Cl)=C\C(C)CC)C(C)CC. The summed E-state index contributed by atoms with van der Waals surface area (Å²) in [5.41, 5.74) is 1.79. The summed E-state index contributed by atoms with van der Waals surface area (Å²) in [6, 6.07) is 5.27. The number of benzene rings is 1. The zero-order chi connectivity index (χ0) is 19.0. The van der Waals surface area contributed by atoms with E-state index in [4.69, 9.17) is 11.6 Å². The van der Waals surface area contributed by atoms with Gasteiger partial charge in [0.15, 0.2) is 0 Å². The Morgan fingerprint density at radius 2 is 2.00 bits per heavy atom. The van der Waals surface area contributed by atoms with Gasteiger partial charge in [-0.05, 0) is 42.0 Å². The Morgan fingerprint density at radius 1 is 1.32 bits per heavy atom. The molecule has 0 radical (unpaired) electrons. The molecular weight excluding hydrogens is 400 g/mol. The lowest BCUT2D eigenvalue weighted by Crippen LogP contribution is -2.26. The van der Waals surface area contributed by atoms with Crippen LogP contribution in [0.25, 0.3) is 0 Å². The maximum absolute atomic E-state index is 9.72. The normalized spacial score (nSPS) is 15.0. The van der Waals surface area contributed by atoms with E-state index in [0.29, 0.717) is 29.2 Å². The predicted octanol–water partition coefficient (Wildman–Crippen LogP) is 6.37. The molecular formula is C20H28BrClN2O. The van der Waals surface area contributed by atoms with E-state index in [9.17, 15) is 5.11 Å². The molecule has 0 aliphatic heterocycles. The molecule has 2 atom stereocenters. The second-order valence-corrected chi connectivity index (χ2v) is 7.67. The molecule has 0 aromatic heterocycles. The lowest BCUT2D eigenvalue weighted by molar-refractivity contribution is 0.474. The van der Waals surface area contributed by atoms with Gasteiger partial charge in [0.25, 0.3) is 0 Å². The van der Waals surface area contributed by atoms with Gasteiger partial charge in [0.2, 0.25) is 0 Å². The molecule has 0 amide bonds. The number of phenolic OH excluding ortho intramolecular Hbond substituents is 1. The highest BCUT2D eigenvalue weighted by Gasteiger charge is 2.11. The third-order valence-corrected chi connectivity index (χ3v) is 4.91. The van der Waals surface area contributed by atoms with Crippen LogP contribution in [0, 0.1) is 11.8 Å². The summed E-state index contributed by atoms with van der Waals surface area (Å²) < 4.78 is 0.817. The molecule has 0 aliphatic rings. The van der Waals surface area contributed by atoms with Gasteiger partial charge in [-0.15, -0.1) is 0 Å². The maximum atomic E-state index is 9.72. The summed E-state index contributed by atoms with van der Waals surface area (Å²) >= 11 is 9.89. The highest BCUT2D eigenvalue weighted by Crippen LogP contribution is 2.21. The van der Waals surface area contributed by atoms with E-state index in [1.54, 1.807) is 12.1 Å². The number of nitrogens with one attached hydrogen (secondary N) is 1. The number of amidine groups is 1. The minimum Gasteiger partial charge on any atom is -0.508 e. The molecule has 2 N–H and O–H groups in total. The summed E-state index contributed by atoms with van der Waals surface area (Å²) in [6.07, 6.45) is 4.01. The zero-order valence-corrected chi connectivity index (χ0v) is 17.8. The number of allylic oxidation sites excluding steroid dienone is 2. The van der Waals surface area contributed by atoms with E-state index < -0.39 is 0 Å². The Hall–Kier alpha value is -1.26. The molecule has 1 aromatic carbocycles. The van der Waals surface area contributed by atoms with Crippen molar-refractivity contribution in [3.05, 3.63) is 51.6 Å². The minimum atomic E-state index is 0.208. The second kappa shape index (κ2) is 10.7. The number of hydrogen-bond acceptors (Lipinski definition) is 2. The van der Waals surface area contributed by atoms with E-state index in [-0.39, 0.29) is 5.75 Å². The quantitative estimate of drug-likeness (QED) is 0.374. The van der Waals surface area contributed by atoms with Gasteiger partial charge in [0.05, 0.1) is 11.6 Å². The van der Waals surface area contributed by atoms with Crippen LogP contribution in [0.5, 0.6) is 5.75 Å².